The molecule has 1 heterocycles. The summed E-state index contributed by atoms with van der Waals surface area (Å²) >= 11 is 5.72. The van der Waals surface area contributed by atoms with Crippen LogP contribution in [0.25, 0.3) is 0 Å². The van der Waals surface area contributed by atoms with E-state index < -0.39 is 0 Å². The number of nitrogens with zero attached hydrogens (tertiary/aromatic N) is 1. The standard InChI is InChI=1S/C6H8ClN/c1-5-3-2-4-8-6(5)7/h2-6H,1H3/t5-,6?/m1/s1. The fourth-order valence-corrected chi connectivity index (χ4v) is 0.733. The summed E-state index contributed by atoms with van der Waals surface area (Å²) in [4.78, 5) is 3.96. The molecule has 0 amide bonds. The van der Waals surface area contributed by atoms with Crippen molar-refractivity contribution in [1.82, 2.24) is 0 Å². The molecule has 1 aliphatic heterocycles. The minimum absolute atomic E-state index is 0.0417. The van der Waals surface area contributed by atoms with Gasteiger partial charge in [0.2, 0.25) is 0 Å². The van der Waals surface area contributed by atoms with E-state index in [1.807, 2.05) is 19.1 Å². The number of aliphatic imine (C=N–C) groups is 1. The second-order valence-electron chi connectivity index (χ2n) is 1.91. The first-order chi connectivity index (χ1) is 3.80. The molecule has 0 aromatic heterocycles. The summed E-state index contributed by atoms with van der Waals surface area (Å²) in [5.74, 6) is 0.390. The molecule has 0 aromatic rings. The molecule has 0 saturated heterocycles. The number of dihydropyridines is 1. The summed E-state index contributed by atoms with van der Waals surface area (Å²) in [5.41, 5.74) is -0.0417. The van der Waals surface area contributed by atoms with Gasteiger partial charge in [-0.05, 0) is 6.08 Å². The van der Waals surface area contributed by atoms with E-state index in [2.05, 4.69) is 4.99 Å². The normalized spacial score (nSPS) is 35.8. The average molecular weight is 130 g/mol. The summed E-state index contributed by atoms with van der Waals surface area (Å²) in [5, 5.41) is 0. The molecule has 2 heteroatoms. The van der Waals surface area contributed by atoms with E-state index >= 15 is 0 Å². The van der Waals surface area contributed by atoms with Crippen LogP contribution in [-0.4, -0.2) is 11.7 Å². The van der Waals surface area contributed by atoms with Gasteiger partial charge in [0.05, 0.1) is 0 Å². The maximum Gasteiger partial charge on any atom is 0.129 e. The first-order valence-corrected chi connectivity index (χ1v) is 3.08. The van der Waals surface area contributed by atoms with E-state index in [-0.39, 0.29) is 5.50 Å². The zero-order valence-corrected chi connectivity index (χ0v) is 5.47. The summed E-state index contributed by atoms with van der Waals surface area (Å²) in [6.07, 6.45) is 5.70. The van der Waals surface area contributed by atoms with E-state index in [0.29, 0.717) is 5.92 Å². The SMILES string of the molecule is C[C@@H]1C=CC=NC1Cl. The van der Waals surface area contributed by atoms with Crippen LogP contribution in [0.3, 0.4) is 0 Å². The third kappa shape index (κ3) is 1.10. The molecular formula is C6H8ClN. The first-order valence-electron chi connectivity index (χ1n) is 2.65. The van der Waals surface area contributed by atoms with Crippen LogP contribution in [0.15, 0.2) is 17.1 Å². The van der Waals surface area contributed by atoms with Crippen molar-refractivity contribution >= 4 is 17.8 Å². The zero-order chi connectivity index (χ0) is 5.98. The molecule has 0 aliphatic carbocycles. The van der Waals surface area contributed by atoms with E-state index in [1.54, 1.807) is 6.21 Å². The number of halogens is 1. The molecular weight excluding hydrogens is 122 g/mol. The number of hydrogen-bond donors (Lipinski definition) is 0. The van der Waals surface area contributed by atoms with Crippen molar-refractivity contribution in [2.75, 3.05) is 0 Å². The quantitative estimate of drug-likeness (QED) is 0.350. The van der Waals surface area contributed by atoms with Crippen molar-refractivity contribution in [3.63, 3.8) is 0 Å². The molecule has 1 aliphatic rings. The minimum Gasteiger partial charge on any atom is -0.273 e. The van der Waals surface area contributed by atoms with Gasteiger partial charge in [0.15, 0.2) is 0 Å². The molecule has 2 atom stereocenters. The maximum atomic E-state index is 5.72. The van der Waals surface area contributed by atoms with Gasteiger partial charge < -0.3 is 0 Å². The Balaban J connectivity index is 2.59. The lowest BCUT2D eigenvalue weighted by Gasteiger charge is -2.10. The average Bonchev–Trinajstić information content (AvgIpc) is 1.77. The lowest BCUT2D eigenvalue weighted by molar-refractivity contribution is 0.682. The Morgan fingerprint density at radius 3 is 2.75 bits per heavy atom. The van der Waals surface area contributed by atoms with Crippen LogP contribution >= 0.6 is 11.6 Å². The molecule has 0 bridgehead atoms. The van der Waals surface area contributed by atoms with Gasteiger partial charge in [-0.2, -0.15) is 0 Å². The van der Waals surface area contributed by atoms with Gasteiger partial charge in [-0.25, -0.2) is 0 Å². The fourth-order valence-electron chi connectivity index (χ4n) is 0.584. The van der Waals surface area contributed by atoms with Crippen LogP contribution in [0.5, 0.6) is 0 Å². The third-order valence-electron chi connectivity index (χ3n) is 1.16. The number of hydrogen-bond acceptors (Lipinski definition) is 1. The van der Waals surface area contributed by atoms with E-state index in [0.717, 1.165) is 0 Å². The largest absolute Gasteiger partial charge is 0.273 e. The second-order valence-corrected chi connectivity index (χ2v) is 2.36. The molecule has 1 unspecified atom stereocenters. The number of alkyl halides is 1. The minimum atomic E-state index is -0.0417. The summed E-state index contributed by atoms with van der Waals surface area (Å²) in [7, 11) is 0. The van der Waals surface area contributed by atoms with Crippen LogP contribution in [0.2, 0.25) is 0 Å². The molecule has 8 heavy (non-hydrogen) atoms. The molecule has 1 rings (SSSR count). The van der Waals surface area contributed by atoms with Crippen LogP contribution in [-0.2, 0) is 0 Å². The molecule has 1 nitrogen and oxygen atoms in total. The van der Waals surface area contributed by atoms with Crippen LogP contribution in [0.4, 0.5) is 0 Å². The van der Waals surface area contributed by atoms with Gasteiger partial charge in [-0.15, -0.1) is 0 Å². The molecule has 44 valence electrons. The molecule has 0 spiro atoms. The molecule has 0 radical (unpaired) electrons. The highest BCUT2D eigenvalue weighted by molar-refractivity contribution is 6.21. The first kappa shape index (κ1) is 5.83. The lowest BCUT2D eigenvalue weighted by Crippen LogP contribution is -2.08. The Labute approximate surface area is 54.1 Å². The van der Waals surface area contributed by atoms with Crippen LogP contribution < -0.4 is 0 Å². The van der Waals surface area contributed by atoms with E-state index in [9.17, 15) is 0 Å². The van der Waals surface area contributed by atoms with Crippen molar-refractivity contribution in [2.24, 2.45) is 10.9 Å². The molecule has 0 aromatic carbocycles. The molecule has 0 fully saturated rings. The van der Waals surface area contributed by atoms with Crippen molar-refractivity contribution in [2.45, 2.75) is 12.4 Å². The second kappa shape index (κ2) is 2.31. The zero-order valence-electron chi connectivity index (χ0n) is 4.71. The highest BCUT2D eigenvalue weighted by atomic mass is 35.5. The maximum absolute atomic E-state index is 5.72. The Kier molecular flexibility index (Phi) is 1.69. The monoisotopic (exact) mass is 129 g/mol. The topological polar surface area (TPSA) is 12.4 Å². The summed E-state index contributed by atoms with van der Waals surface area (Å²) in [6, 6.07) is 0. The predicted molar refractivity (Wildman–Crippen MR) is 36.4 cm³/mol. The van der Waals surface area contributed by atoms with Gasteiger partial charge in [0.25, 0.3) is 0 Å². The highest BCUT2D eigenvalue weighted by Crippen LogP contribution is 2.14. The Bertz CT molecular complexity index is 112. The number of allylic oxidation sites excluding steroid dienone is 1. The van der Waals surface area contributed by atoms with Gasteiger partial charge in [0.1, 0.15) is 5.50 Å². The molecule has 0 N–H and O–H groups in total. The van der Waals surface area contributed by atoms with E-state index in [4.69, 9.17) is 11.6 Å². The summed E-state index contributed by atoms with van der Waals surface area (Å²) in [6.45, 7) is 2.05. The Morgan fingerprint density at radius 2 is 2.38 bits per heavy atom. The van der Waals surface area contributed by atoms with Gasteiger partial charge in [0, 0.05) is 12.1 Å². The van der Waals surface area contributed by atoms with Crippen LogP contribution in [0.1, 0.15) is 6.92 Å². The number of rotatable bonds is 0. The van der Waals surface area contributed by atoms with Gasteiger partial charge >= 0.3 is 0 Å². The highest BCUT2D eigenvalue weighted by Gasteiger charge is 2.09. The Hall–Kier alpha value is -0.300. The van der Waals surface area contributed by atoms with Crippen molar-refractivity contribution in [3.8, 4) is 0 Å². The Morgan fingerprint density at radius 1 is 1.62 bits per heavy atom. The summed E-state index contributed by atoms with van der Waals surface area (Å²) < 4.78 is 0. The van der Waals surface area contributed by atoms with Gasteiger partial charge in [-0.1, -0.05) is 24.6 Å². The van der Waals surface area contributed by atoms with Crippen molar-refractivity contribution < 1.29 is 0 Å². The van der Waals surface area contributed by atoms with Crippen molar-refractivity contribution in [3.05, 3.63) is 12.2 Å². The fraction of sp³-hybridized carbons (Fsp3) is 0.500. The molecule has 0 saturated carbocycles. The predicted octanol–water partition coefficient (Wildman–Crippen LogP) is 1.83. The van der Waals surface area contributed by atoms with Gasteiger partial charge in [-0.3, -0.25) is 4.99 Å². The lowest BCUT2D eigenvalue weighted by atomic mass is 10.1. The third-order valence-corrected chi connectivity index (χ3v) is 1.67. The van der Waals surface area contributed by atoms with Crippen molar-refractivity contribution in [1.29, 1.82) is 0 Å². The van der Waals surface area contributed by atoms with E-state index in [1.165, 1.54) is 0 Å². The smallest absolute Gasteiger partial charge is 0.129 e. The van der Waals surface area contributed by atoms with Crippen LogP contribution in [0, 0.1) is 5.92 Å².